The average molecular weight is 396 g/mol. The minimum absolute atomic E-state index is 0.00428. The first-order chi connectivity index (χ1) is 11.9. The van der Waals surface area contributed by atoms with E-state index in [1.165, 1.54) is 0 Å². The molecule has 1 aliphatic rings. The van der Waals surface area contributed by atoms with E-state index in [-0.39, 0.29) is 10.7 Å². The van der Waals surface area contributed by atoms with Crippen molar-refractivity contribution >= 4 is 58.0 Å². The van der Waals surface area contributed by atoms with E-state index in [0.717, 1.165) is 16.9 Å². The van der Waals surface area contributed by atoms with E-state index >= 15 is 0 Å². The standard InChI is InChI=1S/C18H13Cl3N2O2/c1-2-10-3-6-12(7-4-10)23-17(24)15(21)16(18(23)25)22-11-5-8-13(19)14(20)9-11/h3-9,22H,2H2,1H3. The summed E-state index contributed by atoms with van der Waals surface area (Å²) < 4.78 is 0. The van der Waals surface area contributed by atoms with Gasteiger partial charge >= 0.3 is 0 Å². The van der Waals surface area contributed by atoms with Gasteiger partial charge in [-0.25, -0.2) is 4.90 Å². The minimum Gasteiger partial charge on any atom is -0.350 e. The van der Waals surface area contributed by atoms with Crippen LogP contribution in [0.5, 0.6) is 0 Å². The van der Waals surface area contributed by atoms with Crippen molar-refractivity contribution in [3.05, 3.63) is 68.8 Å². The molecule has 128 valence electrons. The van der Waals surface area contributed by atoms with E-state index in [0.29, 0.717) is 21.4 Å². The molecule has 0 aromatic heterocycles. The Morgan fingerprint density at radius 2 is 1.60 bits per heavy atom. The number of amides is 2. The van der Waals surface area contributed by atoms with Crippen LogP contribution in [-0.4, -0.2) is 11.8 Å². The summed E-state index contributed by atoms with van der Waals surface area (Å²) in [6, 6.07) is 12.0. The van der Waals surface area contributed by atoms with Gasteiger partial charge in [0.05, 0.1) is 15.7 Å². The van der Waals surface area contributed by atoms with Crippen LogP contribution in [0.1, 0.15) is 12.5 Å². The van der Waals surface area contributed by atoms with Crippen molar-refractivity contribution in [1.29, 1.82) is 0 Å². The van der Waals surface area contributed by atoms with Gasteiger partial charge in [-0.05, 0) is 42.3 Å². The summed E-state index contributed by atoms with van der Waals surface area (Å²) in [4.78, 5) is 26.1. The monoisotopic (exact) mass is 394 g/mol. The Hall–Kier alpha value is -2.01. The third-order valence-corrected chi connectivity index (χ3v) is 4.91. The van der Waals surface area contributed by atoms with Gasteiger partial charge in [0.2, 0.25) is 0 Å². The molecule has 0 spiro atoms. The Morgan fingerprint density at radius 1 is 0.920 bits per heavy atom. The molecule has 2 aromatic rings. The van der Waals surface area contributed by atoms with Gasteiger partial charge in [-0.3, -0.25) is 9.59 Å². The molecule has 0 saturated carbocycles. The molecule has 0 fully saturated rings. The number of benzene rings is 2. The smallest absolute Gasteiger partial charge is 0.283 e. The molecule has 7 heteroatoms. The molecule has 1 N–H and O–H groups in total. The molecule has 1 aliphatic heterocycles. The summed E-state index contributed by atoms with van der Waals surface area (Å²) in [5.74, 6) is -1.09. The maximum atomic E-state index is 12.7. The van der Waals surface area contributed by atoms with E-state index in [1.807, 2.05) is 19.1 Å². The lowest BCUT2D eigenvalue weighted by Gasteiger charge is -2.15. The van der Waals surface area contributed by atoms with Crippen LogP contribution < -0.4 is 10.2 Å². The molecule has 0 aliphatic carbocycles. The molecule has 2 aromatic carbocycles. The molecule has 0 atom stereocenters. The highest BCUT2D eigenvalue weighted by molar-refractivity contribution is 6.53. The normalized spacial score (nSPS) is 14.5. The Morgan fingerprint density at radius 3 is 2.20 bits per heavy atom. The highest BCUT2D eigenvalue weighted by Crippen LogP contribution is 2.32. The molecular formula is C18H13Cl3N2O2. The van der Waals surface area contributed by atoms with Crippen LogP contribution in [0.25, 0.3) is 0 Å². The third-order valence-electron chi connectivity index (χ3n) is 3.82. The van der Waals surface area contributed by atoms with E-state index in [9.17, 15) is 9.59 Å². The fourth-order valence-electron chi connectivity index (χ4n) is 2.44. The number of nitrogens with zero attached hydrogens (tertiary/aromatic N) is 1. The number of rotatable bonds is 4. The molecule has 0 saturated heterocycles. The second-order valence-corrected chi connectivity index (χ2v) is 6.60. The van der Waals surface area contributed by atoms with Gasteiger partial charge < -0.3 is 5.32 Å². The number of aryl methyl sites for hydroxylation is 1. The Labute approximate surface area is 160 Å². The fraction of sp³-hybridized carbons (Fsp3) is 0.111. The SMILES string of the molecule is CCc1ccc(N2C(=O)C(Cl)=C(Nc3ccc(Cl)c(Cl)c3)C2=O)cc1. The lowest BCUT2D eigenvalue weighted by molar-refractivity contribution is -0.120. The summed E-state index contributed by atoms with van der Waals surface area (Å²) in [6.45, 7) is 2.03. The Balaban J connectivity index is 1.89. The molecule has 0 bridgehead atoms. The van der Waals surface area contributed by atoms with Crippen LogP contribution >= 0.6 is 34.8 Å². The second kappa shape index (κ2) is 7.08. The van der Waals surface area contributed by atoms with E-state index in [1.54, 1.807) is 30.3 Å². The number of carbonyl (C=O) groups excluding carboxylic acids is 2. The molecule has 3 rings (SSSR count). The molecule has 2 amide bonds. The second-order valence-electron chi connectivity index (χ2n) is 5.41. The van der Waals surface area contributed by atoms with Gasteiger partial charge in [0.15, 0.2) is 0 Å². The van der Waals surface area contributed by atoms with Crippen LogP contribution in [0, 0.1) is 0 Å². The van der Waals surface area contributed by atoms with Crippen LogP contribution in [0.15, 0.2) is 53.2 Å². The lowest BCUT2D eigenvalue weighted by atomic mass is 10.1. The van der Waals surface area contributed by atoms with Gasteiger partial charge in [-0.15, -0.1) is 0 Å². The van der Waals surface area contributed by atoms with E-state index in [2.05, 4.69) is 5.32 Å². The maximum absolute atomic E-state index is 12.7. The van der Waals surface area contributed by atoms with Gasteiger partial charge in [0.1, 0.15) is 10.7 Å². The molecule has 1 heterocycles. The van der Waals surface area contributed by atoms with Crippen molar-refractivity contribution in [2.24, 2.45) is 0 Å². The van der Waals surface area contributed by atoms with Gasteiger partial charge in [0, 0.05) is 5.69 Å². The van der Waals surface area contributed by atoms with Gasteiger partial charge in [0.25, 0.3) is 11.8 Å². The zero-order valence-corrected chi connectivity index (χ0v) is 15.4. The molecule has 0 unspecified atom stereocenters. The van der Waals surface area contributed by atoms with Crippen LogP contribution in [0.2, 0.25) is 10.0 Å². The predicted octanol–water partition coefficient (Wildman–Crippen LogP) is 4.99. The highest BCUT2D eigenvalue weighted by atomic mass is 35.5. The summed E-state index contributed by atoms with van der Waals surface area (Å²) in [5, 5.41) is 3.40. The lowest BCUT2D eigenvalue weighted by Crippen LogP contribution is -2.32. The summed E-state index contributed by atoms with van der Waals surface area (Å²) in [7, 11) is 0. The van der Waals surface area contributed by atoms with Crippen LogP contribution in [0.4, 0.5) is 11.4 Å². The molecular weight excluding hydrogens is 383 g/mol. The van der Waals surface area contributed by atoms with Crippen molar-refractivity contribution < 1.29 is 9.59 Å². The molecule has 25 heavy (non-hydrogen) atoms. The molecule has 0 radical (unpaired) electrons. The van der Waals surface area contributed by atoms with E-state index in [4.69, 9.17) is 34.8 Å². The zero-order valence-electron chi connectivity index (χ0n) is 13.1. The summed E-state index contributed by atoms with van der Waals surface area (Å²) in [6.07, 6.45) is 0.866. The number of hydrogen-bond acceptors (Lipinski definition) is 3. The summed E-state index contributed by atoms with van der Waals surface area (Å²) in [5.41, 5.74) is 2.09. The van der Waals surface area contributed by atoms with Crippen molar-refractivity contribution in [2.45, 2.75) is 13.3 Å². The number of anilines is 2. The first-order valence-corrected chi connectivity index (χ1v) is 8.65. The largest absolute Gasteiger partial charge is 0.350 e. The van der Waals surface area contributed by atoms with Gasteiger partial charge in [-0.2, -0.15) is 0 Å². The van der Waals surface area contributed by atoms with Crippen LogP contribution in [0.3, 0.4) is 0 Å². The molecule has 4 nitrogen and oxygen atoms in total. The van der Waals surface area contributed by atoms with Crippen molar-refractivity contribution in [3.63, 3.8) is 0 Å². The quantitative estimate of drug-likeness (QED) is 0.742. The maximum Gasteiger partial charge on any atom is 0.283 e. The average Bonchev–Trinajstić information content (AvgIpc) is 2.82. The van der Waals surface area contributed by atoms with Gasteiger partial charge in [-0.1, -0.05) is 53.9 Å². The van der Waals surface area contributed by atoms with E-state index < -0.39 is 11.8 Å². The fourth-order valence-corrected chi connectivity index (χ4v) is 2.96. The number of nitrogens with one attached hydrogen (secondary N) is 1. The number of carbonyl (C=O) groups is 2. The Kier molecular flexibility index (Phi) is 5.04. The predicted molar refractivity (Wildman–Crippen MR) is 101 cm³/mol. The minimum atomic E-state index is -0.571. The number of hydrogen-bond donors (Lipinski definition) is 1. The third kappa shape index (κ3) is 3.38. The summed E-state index contributed by atoms with van der Waals surface area (Å²) >= 11 is 17.9. The topological polar surface area (TPSA) is 49.4 Å². The number of imide groups is 1. The first-order valence-electron chi connectivity index (χ1n) is 7.52. The van der Waals surface area contributed by atoms with Crippen molar-refractivity contribution in [3.8, 4) is 0 Å². The number of halogens is 3. The first kappa shape index (κ1) is 17.8. The van der Waals surface area contributed by atoms with Crippen molar-refractivity contribution in [2.75, 3.05) is 10.2 Å². The Bertz CT molecular complexity index is 892. The zero-order chi connectivity index (χ0) is 18.1. The highest BCUT2D eigenvalue weighted by Gasteiger charge is 2.38. The van der Waals surface area contributed by atoms with Crippen LogP contribution in [-0.2, 0) is 16.0 Å². The van der Waals surface area contributed by atoms with Crippen molar-refractivity contribution in [1.82, 2.24) is 0 Å².